The number of nitrogens with zero attached hydrogens (tertiary/aromatic N) is 3. The Morgan fingerprint density at radius 3 is 2.94 bits per heavy atom. The van der Waals surface area contributed by atoms with Gasteiger partial charge in [-0.2, -0.15) is 4.98 Å². The molecule has 6 nitrogen and oxygen atoms in total. The number of anilines is 1. The molecule has 0 fully saturated rings. The van der Waals surface area contributed by atoms with E-state index < -0.39 is 5.97 Å². The summed E-state index contributed by atoms with van der Waals surface area (Å²) in [4.78, 5) is 20.5. The first-order valence-electron chi connectivity index (χ1n) is 5.51. The van der Waals surface area contributed by atoms with E-state index in [9.17, 15) is 4.79 Å². The summed E-state index contributed by atoms with van der Waals surface area (Å²) >= 11 is 0. The minimum Gasteiger partial charge on any atom is -0.481 e. The lowest BCUT2D eigenvalue weighted by atomic mass is 10.3. The Morgan fingerprint density at radius 1 is 1.53 bits per heavy atom. The minimum absolute atomic E-state index is 0.156. The van der Waals surface area contributed by atoms with Gasteiger partial charge in [0.1, 0.15) is 0 Å². The van der Waals surface area contributed by atoms with Crippen LogP contribution in [-0.4, -0.2) is 41.2 Å². The zero-order valence-corrected chi connectivity index (χ0v) is 10.1. The summed E-state index contributed by atoms with van der Waals surface area (Å²) in [6, 6.07) is 0. The summed E-state index contributed by atoms with van der Waals surface area (Å²) in [5.41, 5.74) is 0. The Bertz CT molecular complexity index is 371. The van der Waals surface area contributed by atoms with E-state index in [0.717, 1.165) is 0 Å². The van der Waals surface area contributed by atoms with E-state index in [1.54, 1.807) is 12.4 Å². The predicted molar refractivity (Wildman–Crippen MR) is 63.3 cm³/mol. The van der Waals surface area contributed by atoms with E-state index in [0.29, 0.717) is 31.3 Å². The number of hydrogen-bond donors (Lipinski definition) is 1. The monoisotopic (exact) mass is 239 g/mol. The molecule has 1 heterocycles. The van der Waals surface area contributed by atoms with Crippen molar-refractivity contribution in [1.82, 2.24) is 9.97 Å². The maximum absolute atomic E-state index is 10.4. The second-order valence-electron chi connectivity index (χ2n) is 3.57. The number of aromatic nitrogens is 2. The highest BCUT2D eigenvalue weighted by Crippen LogP contribution is 2.12. The van der Waals surface area contributed by atoms with E-state index >= 15 is 0 Å². The molecule has 1 aromatic rings. The van der Waals surface area contributed by atoms with Gasteiger partial charge in [0.05, 0.1) is 19.0 Å². The molecule has 0 amide bonds. The van der Waals surface area contributed by atoms with Crippen LogP contribution in [0.5, 0.6) is 5.88 Å². The van der Waals surface area contributed by atoms with E-state index in [1.807, 2.05) is 18.9 Å². The molecule has 0 aromatic carbocycles. The van der Waals surface area contributed by atoms with Gasteiger partial charge in [0.2, 0.25) is 5.88 Å². The Morgan fingerprint density at radius 2 is 2.29 bits per heavy atom. The lowest BCUT2D eigenvalue weighted by Gasteiger charge is -2.17. The third-order valence-electron chi connectivity index (χ3n) is 2.17. The smallest absolute Gasteiger partial charge is 0.303 e. The van der Waals surface area contributed by atoms with Gasteiger partial charge >= 0.3 is 5.97 Å². The topological polar surface area (TPSA) is 75.5 Å². The Hall–Kier alpha value is -1.85. The quantitative estimate of drug-likeness (QED) is 0.770. The zero-order valence-electron chi connectivity index (χ0n) is 10.1. The Labute approximate surface area is 100 Å². The van der Waals surface area contributed by atoms with Crippen molar-refractivity contribution in [3.05, 3.63) is 12.4 Å². The highest BCUT2D eigenvalue weighted by atomic mass is 16.5. The molecule has 0 aliphatic carbocycles. The van der Waals surface area contributed by atoms with E-state index in [4.69, 9.17) is 9.84 Å². The summed E-state index contributed by atoms with van der Waals surface area (Å²) in [6.45, 7) is 3.04. The van der Waals surface area contributed by atoms with Crippen molar-refractivity contribution in [3.8, 4) is 5.88 Å². The van der Waals surface area contributed by atoms with Gasteiger partial charge in [-0.1, -0.05) is 0 Å². The predicted octanol–water partition coefficient (Wildman–Crippen LogP) is 1.18. The van der Waals surface area contributed by atoms with Crippen LogP contribution in [0.2, 0.25) is 0 Å². The van der Waals surface area contributed by atoms with Crippen LogP contribution >= 0.6 is 0 Å². The summed E-state index contributed by atoms with van der Waals surface area (Å²) in [5, 5.41) is 8.54. The lowest BCUT2D eigenvalue weighted by Crippen LogP contribution is -2.20. The molecule has 6 heteroatoms. The fourth-order valence-corrected chi connectivity index (χ4v) is 1.32. The lowest BCUT2D eigenvalue weighted by molar-refractivity contribution is -0.137. The average molecular weight is 239 g/mol. The van der Waals surface area contributed by atoms with Crippen LogP contribution in [0.25, 0.3) is 0 Å². The van der Waals surface area contributed by atoms with Gasteiger partial charge in [0.15, 0.2) is 5.82 Å². The van der Waals surface area contributed by atoms with Crippen LogP contribution in [0.1, 0.15) is 19.8 Å². The van der Waals surface area contributed by atoms with Crippen molar-refractivity contribution in [2.75, 3.05) is 25.1 Å². The largest absolute Gasteiger partial charge is 0.481 e. The van der Waals surface area contributed by atoms with Gasteiger partial charge < -0.3 is 14.7 Å². The van der Waals surface area contributed by atoms with E-state index in [-0.39, 0.29) is 6.42 Å². The first kappa shape index (κ1) is 13.2. The van der Waals surface area contributed by atoms with Crippen molar-refractivity contribution in [2.24, 2.45) is 0 Å². The molecule has 1 aromatic heterocycles. The summed E-state index contributed by atoms with van der Waals surface area (Å²) in [6.07, 6.45) is 3.91. The number of ether oxygens (including phenoxy) is 1. The summed E-state index contributed by atoms with van der Waals surface area (Å²) in [7, 11) is 1.85. The molecule has 94 valence electrons. The molecule has 0 saturated carbocycles. The fourth-order valence-electron chi connectivity index (χ4n) is 1.32. The Kier molecular flexibility index (Phi) is 5.19. The fraction of sp³-hybridized carbons (Fsp3) is 0.545. The molecular formula is C11H17N3O3. The van der Waals surface area contributed by atoms with Crippen molar-refractivity contribution in [3.63, 3.8) is 0 Å². The summed E-state index contributed by atoms with van der Waals surface area (Å²) in [5.74, 6) is 0.379. The number of aliphatic carboxylic acids is 1. The van der Waals surface area contributed by atoms with Gasteiger partial charge in [0, 0.05) is 20.0 Å². The third kappa shape index (κ3) is 4.67. The zero-order chi connectivity index (χ0) is 12.7. The number of rotatable bonds is 7. The van der Waals surface area contributed by atoms with Crippen LogP contribution in [0.15, 0.2) is 12.4 Å². The standard InChI is InChI=1S/C11H17N3O3/c1-3-17-10-8-12-7-9(13-10)14(2)6-4-5-11(15)16/h7-8H,3-6H2,1-2H3,(H,15,16). The second kappa shape index (κ2) is 6.67. The number of carboxylic acid groups (broad SMARTS) is 1. The SMILES string of the molecule is CCOc1cncc(N(C)CCCC(=O)O)n1. The van der Waals surface area contributed by atoms with E-state index in [2.05, 4.69) is 9.97 Å². The molecule has 1 N–H and O–H groups in total. The number of hydrogen-bond acceptors (Lipinski definition) is 5. The van der Waals surface area contributed by atoms with Crippen LogP contribution in [-0.2, 0) is 4.79 Å². The molecule has 0 saturated heterocycles. The molecule has 17 heavy (non-hydrogen) atoms. The maximum Gasteiger partial charge on any atom is 0.303 e. The first-order valence-corrected chi connectivity index (χ1v) is 5.51. The molecule has 0 bridgehead atoms. The first-order chi connectivity index (χ1) is 8.13. The normalized spacial score (nSPS) is 10.0. The Balaban J connectivity index is 2.52. The highest BCUT2D eigenvalue weighted by Gasteiger charge is 2.06. The molecule has 0 aliphatic heterocycles. The second-order valence-corrected chi connectivity index (χ2v) is 3.57. The average Bonchev–Trinajstić information content (AvgIpc) is 2.29. The molecule has 0 spiro atoms. The molecule has 0 aliphatic rings. The molecule has 0 unspecified atom stereocenters. The van der Waals surface area contributed by atoms with Crippen molar-refractivity contribution in [1.29, 1.82) is 0 Å². The summed E-state index contributed by atoms with van der Waals surface area (Å²) < 4.78 is 5.24. The molecule has 0 radical (unpaired) electrons. The van der Waals surface area contributed by atoms with Crippen LogP contribution < -0.4 is 9.64 Å². The third-order valence-corrected chi connectivity index (χ3v) is 2.17. The number of carboxylic acids is 1. The number of carbonyl (C=O) groups is 1. The van der Waals surface area contributed by atoms with Gasteiger partial charge in [0.25, 0.3) is 0 Å². The van der Waals surface area contributed by atoms with Gasteiger partial charge in [-0.15, -0.1) is 0 Å². The highest BCUT2D eigenvalue weighted by molar-refractivity contribution is 5.66. The van der Waals surface area contributed by atoms with Crippen LogP contribution in [0.4, 0.5) is 5.82 Å². The molecular weight excluding hydrogens is 222 g/mol. The molecule has 0 atom stereocenters. The molecule has 1 rings (SSSR count). The maximum atomic E-state index is 10.4. The van der Waals surface area contributed by atoms with Gasteiger partial charge in [-0.05, 0) is 13.3 Å². The van der Waals surface area contributed by atoms with Crippen LogP contribution in [0.3, 0.4) is 0 Å². The minimum atomic E-state index is -0.785. The van der Waals surface area contributed by atoms with Crippen LogP contribution in [0, 0.1) is 0 Å². The van der Waals surface area contributed by atoms with Gasteiger partial charge in [-0.25, -0.2) is 0 Å². The van der Waals surface area contributed by atoms with Crippen molar-refractivity contribution in [2.45, 2.75) is 19.8 Å². The van der Waals surface area contributed by atoms with Gasteiger partial charge in [-0.3, -0.25) is 9.78 Å². The van der Waals surface area contributed by atoms with E-state index in [1.165, 1.54) is 0 Å². The van der Waals surface area contributed by atoms with Crippen molar-refractivity contribution < 1.29 is 14.6 Å². The van der Waals surface area contributed by atoms with Crippen molar-refractivity contribution >= 4 is 11.8 Å².